The molecule has 1 heterocycles. The van der Waals surface area contributed by atoms with Gasteiger partial charge in [-0.15, -0.1) is 0 Å². The van der Waals surface area contributed by atoms with Crippen LogP contribution < -0.4 is 5.32 Å². The number of aliphatic hydroxyl groups is 1. The fraction of sp³-hybridized carbons (Fsp3) is 0.455. The summed E-state index contributed by atoms with van der Waals surface area (Å²) in [7, 11) is 0. The van der Waals surface area contributed by atoms with Gasteiger partial charge >= 0.3 is 0 Å². The van der Waals surface area contributed by atoms with Crippen molar-refractivity contribution in [1.29, 1.82) is 0 Å². The van der Waals surface area contributed by atoms with Crippen molar-refractivity contribution < 1.29 is 9.90 Å². The molecule has 0 radical (unpaired) electrons. The fourth-order valence-electron chi connectivity index (χ4n) is 1.08. The molecule has 0 aliphatic carbocycles. The van der Waals surface area contributed by atoms with Gasteiger partial charge in [-0.25, -0.2) is 0 Å². The Bertz CT molecular complexity index is 301. The number of aliphatic hydroxyl groups excluding tert-OH is 1. The molecular weight excluding hydrogens is 192 g/mol. The van der Waals surface area contributed by atoms with E-state index in [9.17, 15) is 4.79 Å². The predicted molar refractivity (Wildman–Crippen MR) is 57.2 cm³/mol. The first kappa shape index (κ1) is 11.7. The van der Waals surface area contributed by atoms with Crippen LogP contribution in [0.1, 0.15) is 12.6 Å². The molecule has 1 rings (SSSR count). The molecule has 1 amide bonds. The van der Waals surface area contributed by atoms with Gasteiger partial charge in [-0.1, -0.05) is 13.0 Å². The summed E-state index contributed by atoms with van der Waals surface area (Å²) < 4.78 is 0. The molecule has 1 unspecified atom stereocenters. The quantitative estimate of drug-likeness (QED) is 0.735. The molecule has 0 fully saturated rings. The molecule has 1 aromatic rings. The van der Waals surface area contributed by atoms with E-state index in [-0.39, 0.29) is 18.4 Å². The van der Waals surface area contributed by atoms with Crippen molar-refractivity contribution in [3.8, 4) is 0 Å². The lowest BCUT2D eigenvalue weighted by atomic mass is 10.2. The highest BCUT2D eigenvalue weighted by molar-refractivity contribution is 5.78. The Morgan fingerprint density at radius 3 is 3.00 bits per heavy atom. The maximum absolute atomic E-state index is 11.4. The van der Waals surface area contributed by atoms with Gasteiger partial charge in [0.2, 0.25) is 5.91 Å². The Labute approximate surface area is 89.3 Å². The predicted octanol–water partition coefficient (Wildman–Crippen LogP) is 0.369. The van der Waals surface area contributed by atoms with Gasteiger partial charge in [-0.2, -0.15) is 0 Å². The Kier molecular flexibility index (Phi) is 4.77. The normalized spacial score (nSPS) is 12.1. The number of carbonyl (C=O) groups excluding carboxylic acids is 1. The topological polar surface area (TPSA) is 62.2 Å². The van der Waals surface area contributed by atoms with E-state index >= 15 is 0 Å². The molecule has 15 heavy (non-hydrogen) atoms. The zero-order valence-electron chi connectivity index (χ0n) is 8.81. The van der Waals surface area contributed by atoms with Crippen molar-refractivity contribution in [3.63, 3.8) is 0 Å². The summed E-state index contributed by atoms with van der Waals surface area (Å²) in [5.41, 5.74) is 0.756. The third-order valence-corrected chi connectivity index (χ3v) is 2.03. The lowest BCUT2D eigenvalue weighted by Crippen LogP contribution is -2.30. The Balaban J connectivity index is 2.31. The van der Waals surface area contributed by atoms with E-state index in [1.807, 2.05) is 25.1 Å². The summed E-state index contributed by atoms with van der Waals surface area (Å²) in [5, 5.41) is 11.5. The number of pyridine rings is 1. The van der Waals surface area contributed by atoms with Crippen LogP contribution in [0.2, 0.25) is 0 Å². The Morgan fingerprint density at radius 2 is 2.40 bits per heavy atom. The second kappa shape index (κ2) is 6.14. The maximum Gasteiger partial charge on any atom is 0.226 e. The minimum atomic E-state index is -0.0611. The highest BCUT2D eigenvalue weighted by Gasteiger charge is 2.05. The second-order valence-electron chi connectivity index (χ2n) is 3.59. The molecule has 4 heteroatoms. The highest BCUT2D eigenvalue weighted by atomic mass is 16.3. The molecule has 0 spiro atoms. The van der Waals surface area contributed by atoms with Crippen molar-refractivity contribution in [1.82, 2.24) is 10.3 Å². The van der Waals surface area contributed by atoms with Gasteiger partial charge in [-0.3, -0.25) is 9.78 Å². The zero-order valence-corrected chi connectivity index (χ0v) is 8.81. The van der Waals surface area contributed by atoms with Crippen molar-refractivity contribution in [2.45, 2.75) is 13.3 Å². The molecule has 2 N–H and O–H groups in total. The third kappa shape index (κ3) is 4.56. The number of hydrogen-bond donors (Lipinski definition) is 2. The van der Waals surface area contributed by atoms with Gasteiger partial charge in [0.05, 0.1) is 6.42 Å². The Hall–Kier alpha value is -1.42. The van der Waals surface area contributed by atoms with Gasteiger partial charge in [-0.05, 0) is 18.1 Å². The lowest BCUT2D eigenvalue weighted by molar-refractivity contribution is -0.120. The van der Waals surface area contributed by atoms with Crippen molar-refractivity contribution >= 4 is 5.91 Å². The fourth-order valence-corrected chi connectivity index (χ4v) is 1.08. The maximum atomic E-state index is 11.4. The minimum absolute atomic E-state index is 0.0611. The number of hydrogen-bond acceptors (Lipinski definition) is 3. The van der Waals surface area contributed by atoms with Gasteiger partial charge in [0.1, 0.15) is 0 Å². The van der Waals surface area contributed by atoms with Crippen LogP contribution in [0.25, 0.3) is 0 Å². The number of carbonyl (C=O) groups is 1. The molecule has 0 bridgehead atoms. The number of rotatable bonds is 5. The first-order chi connectivity index (χ1) is 7.22. The molecule has 4 nitrogen and oxygen atoms in total. The largest absolute Gasteiger partial charge is 0.396 e. The molecule has 0 aromatic carbocycles. The van der Waals surface area contributed by atoms with E-state index in [1.54, 1.807) is 6.20 Å². The van der Waals surface area contributed by atoms with Crippen LogP contribution in [0, 0.1) is 5.92 Å². The summed E-state index contributed by atoms with van der Waals surface area (Å²) in [5.74, 6) is 0.0340. The summed E-state index contributed by atoms with van der Waals surface area (Å²) in [4.78, 5) is 15.5. The molecule has 82 valence electrons. The lowest BCUT2D eigenvalue weighted by Gasteiger charge is -2.09. The molecule has 1 atom stereocenters. The first-order valence-corrected chi connectivity index (χ1v) is 5.00. The van der Waals surface area contributed by atoms with Crippen molar-refractivity contribution in [2.75, 3.05) is 13.2 Å². The van der Waals surface area contributed by atoms with E-state index in [2.05, 4.69) is 10.3 Å². The average Bonchev–Trinajstić information content (AvgIpc) is 2.27. The Morgan fingerprint density at radius 1 is 1.60 bits per heavy atom. The zero-order chi connectivity index (χ0) is 11.1. The molecule has 0 saturated heterocycles. The van der Waals surface area contributed by atoms with E-state index < -0.39 is 0 Å². The highest BCUT2D eigenvalue weighted by Crippen LogP contribution is 1.95. The van der Waals surface area contributed by atoms with E-state index in [1.165, 1.54) is 0 Å². The number of aromatic nitrogens is 1. The van der Waals surface area contributed by atoms with Crippen LogP contribution in [0.5, 0.6) is 0 Å². The molecule has 0 aliphatic heterocycles. The molecular formula is C11H16N2O2. The van der Waals surface area contributed by atoms with E-state index in [4.69, 9.17) is 5.11 Å². The van der Waals surface area contributed by atoms with Gasteiger partial charge in [0.25, 0.3) is 0 Å². The van der Waals surface area contributed by atoms with Crippen LogP contribution in [0.4, 0.5) is 0 Å². The van der Waals surface area contributed by atoms with Gasteiger partial charge < -0.3 is 10.4 Å². The number of amides is 1. The average molecular weight is 208 g/mol. The van der Waals surface area contributed by atoms with E-state index in [0.29, 0.717) is 13.0 Å². The van der Waals surface area contributed by atoms with Gasteiger partial charge in [0.15, 0.2) is 0 Å². The number of nitrogens with one attached hydrogen (secondary N) is 1. The number of nitrogens with zero attached hydrogens (tertiary/aromatic N) is 1. The summed E-state index contributed by atoms with van der Waals surface area (Å²) in [6, 6.07) is 5.48. The minimum Gasteiger partial charge on any atom is -0.396 e. The second-order valence-corrected chi connectivity index (χ2v) is 3.59. The molecule has 0 saturated carbocycles. The monoisotopic (exact) mass is 208 g/mol. The van der Waals surface area contributed by atoms with Gasteiger partial charge in [0, 0.05) is 25.0 Å². The van der Waals surface area contributed by atoms with Crippen LogP contribution in [0.15, 0.2) is 24.4 Å². The smallest absolute Gasteiger partial charge is 0.226 e. The van der Waals surface area contributed by atoms with Crippen LogP contribution in [-0.2, 0) is 11.2 Å². The first-order valence-electron chi connectivity index (χ1n) is 5.00. The van der Waals surface area contributed by atoms with Crippen molar-refractivity contribution in [2.24, 2.45) is 5.92 Å². The summed E-state index contributed by atoms with van der Waals surface area (Å²) >= 11 is 0. The van der Waals surface area contributed by atoms with E-state index in [0.717, 1.165) is 5.69 Å². The summed E-state index contributed by atoms with van der Waals surface area (Å²) in [6.45, 7) is 2.47. The molecule has 1 aromatic heterocycles. The van der Waals surface area contributed by atoms with Crippen LogP contribution in [-0.4, -0.2) is 29.1 Å². The van der Waals surface area contributed by atoms with Crippen LogP contribution in [0.3, 0.4) is 0 Å². The third-order valence-electron chi connectivity index (χ3n) is 2.03. The van der Waals surface area contributed by atoms with Crippen molar-refractivity contribution in [3.05, 3.63) is 30.1 Å². The summed E-state index contributed by atoms with van der Waals surface area (Å²) in [6.07, 6.45) is 1.96. The SMILES string of the molecule is CC(CO)CNC(=O)Cc1ccccn1. The van der Waals surface area contributed by atoms with Crippen LogP contribution >= 0.6 is 0 Å². The molecule has 0 aliphatic rings. The standard InChI is InChI=1S/C11H16N2O2/c1-9(8-14)7-13-11(15)6-10-4-2-3-5-12-10/h2-5,9,14H,6-8H2,1H3,(H,13,15).